The molecule has 5 heteroatoms. The van der Waals surface area contributed by atoms with Gasteiger partial charge in [-0.25, -0.2) is 0 Å². The van der Waals surface area contributed by atoms with E-state index in [0.29, 0.717) is 29.4 Å². The van der Waals surface area contributed by atoms with Crippen LogP contribution >= 0.6 is 0 Å². The Morgan fingerprint density at radius 3 is 2.55 bits per heavy atom. The smallest absolute Gasteiger partial charge is 0.260 e. The van der Waals surface area contributed by atoms with Gasteiger partial charge < -0.3 is 9.84 Å². The van der Waals surface area contributed by atoms with Gasteiger partial charge >= 0.3 is 0 Å². The second kappa shape index (κ2) is 6.22. The Morgan fingerprint density at radius 2 is 1.82 bits per heavy atom. The van der Waals surface area contributed by atoms with E-state index in [4.69, 9.17) is 4.52 Å². The molecule has 1 N–H and O–H groups in total. The van der Waals surface area contributed by atoms with Crippen LogP contribution < -0.4 is 5.32 Å². The number of rotatable bonds is 4. The molecule has 5 nitrogen and oxygen atoms in total. The fraction of sp³-hybridized carbons (Fsp3) is 0.118. The van der Waals surface area contributed by atoms with Gasteiger partial charge in [-0.3, -0.25) is 4.79 Å². The van der Waals surface area contributed by atoms with Crippen LogP contribution in [0.2, 0.25) is 0 Å². The molecule has 3 aromatic rings. The molecule has 1 amide bonds. The van der Waals surface area contributed by atoms with E-state index >= 15 is 0 Å². The first-order chi connectivity index (χ1) is 10.7. The minimum atomic E-state index is -0.0881. The summed E-state index contributed by atoms with van der Waals surface area (Å²) in [6, 6.07) is 17.0. The Kier molecular flexibility index (Phi) is 3.96. The van der Waals surface area contributed by atoms with Crippen molar-refractivity contribution < 1.29 is 9.32 Å². The molecular weight excluding hydrogens is 278 g/mol. The highest BCUT2D eigenvalue weighted by atomic mass is 16.5. The number of nitrogens with zero attached hydrogens (tertiary/aromatic N) is 2. The maximum Gasteiger partial charge on any atom is 0.260 e. The summed E-state index contributed by atoms with van der Waals surface area (Å²) in [6.07, 6.45) is 0.317. The summed E-state index contributed by atoms with van der Waals surface area (Å²) < 4.78 is 5.18. The average molecular weight is 293 g/mol. The van der Waals surface area contributed by atoms with Crippen molar-refractivity contribution in [2.45, 2.75) is 13.3 Å². The molecule has 22 heavy (non-hydrogen) atoms. The third-order valence-corrected chi connectivity index (χ3v) is 3.17. The topological polar surface area (TPSA) is 68.0 Å². The van der Waals surface area contributed by atoms with Crippen molar-refractivity contribution in [3.05, 3.63) is 66.0 Å². The number of aromatic nitrogens is 2. The van der Waals surface area contributed by atoms with E-state index in [9.17, 15) is 4.79 Å². The monoisotopic (exact) mass is 293 g/mol. The van der Waals surface area contributed by atoms with E-state index in [2.05, 4.69) is 15.5 Å². The van der Waals surface area contributed by atoms with Gasteiger partial charge in [0.15, 0.2) is 5.82 Å². The van der Waals surface area contributed by atoms with Crippen molar-refractivity contribution in [1.82, 2.24) is 10.1 Å². The van der Waals surface area contributed by atoms with Gasteiger partial charge in [-0.05, 0) is 24.6 Å². The number of benzene rings is 2. The van der Waals surface area contributed by atoms with Crippen molar-refractivity contribution in [3.63, 3.8) is 0 Å². The Balaban J connectivity index is 1.79. The molecule has 1 aromatic heterocycles. The highest BCUT2D eigenvalue weighted by Crippen LogP contribution is 2.26. The van der Waals surface area contributed by atoms with Crippen LogP contribution in [0.25, 0.3) is 11.5 Å². The summed E-state index contributed by atoms with van der Waals surface area (Å²) in [5.41, 5.74) is 2.34. The van der Waals surface area contributed by atoms with Gasteiger partial charge in [0.1, 0.15) is 0 Å². The van der Waals surface area contributed by atoms with Crippen LogP contribution in [0.3, 0.4) is 0 Å². The number of hydrogen-bond acceptors (Lipinski definition) is 4. The van der Waals surface area contributed by atoms with Gasteiger partial charge in [0, 0.05) is 0 Å². The number of hydrogen-bond donors (Lipinski definition) is 1. The number of anilines is 1. The first-order valence-electron chi connectivity index (χ1n) is 6.96. The summed E-state index contributed by atoms with van der Waals surface area (Å²) in [6.45, 7) is 1.75. The number of aryl methyl sites for hydroxylation is 1. The molecule has 0 aliphatic heterocycles. The van der Waals surface area contributed by atoms with Gasteiger partial charge in [-0.1, -0.05) is 47.6 Å². The van der Waals surface area contributed by atoms with Crippen LogP contribution in [0, 0.1) is 6.92 Å². The third kappa shape index (κ3) is 3.20. The summed E-state index contributed by atoms with van der Waals surface area (Å²) in [4.78, 5) is 16.4. The second-order valence-electron chi connectivity index (χ2n) is 4.90. The van der Waals surface area contributed by atoms with Gasteiger partial charge in [-0.15, -0.1) is 0 Å². The quantitative estimate of drug-likeness (QED) is 0.802. The summed E-state index contributed by atoms with van der Waals surface area (Å²) in [5, 5.41) is 6.68. The normalized spacial score (nSPS) is 10.4. The number of para-hydroxylation sites is 1. The highest BCUT2D eigenvalue weighted by Gasteiger charge is 2.13. The van der Waals surface area contributed by atoms with Gasteiger partial charge in [0.25, 0.3) is 5.89 Å². The lowest BCUT2D eigenvalue weighted by molar-refractivity contribution is -0.115. The molecule has 0 bridgehead atoms. The van der Waals surface area contributed by atoms with Crippen molar-refractivity contribution in [1.29, 1.82) is 0 Å². The molecule has 2 aromatic carbocycles. The maximum absolute atomic E-state index is 12.2. The van der Waals surface area contributed by atoms with Crippen LogP contribution in [-0.2, 0) is 11.2 Å². The molecule has 0 atom stereocenters. The molecule has 0 saturated carbocycles. The molecule has 0 unspecified atom stereocenters. The van der Waals surface area contributed by atoms with Crippen molar-refractivity contribution >= 4 is 11.6 Å². The van der Waals surface area contributed by atoms with Gasteiger partial charge in [0.05, 0.1) is 17.7 Å². The minimum absolute atomic E-state index is 0.0881. The molecule has 0 aliphatic rings. The Hall–Kier alpha value is -2.95. The molecule has 0 aliphatic carbocycles. The Morgan fingerprint density at radius 1 is 1.09 bits per heavy atom. The summed E-state index contributed by atoms with van der Waals surface area (Å²) >= 11 is 0. The van der Waals surface area contributed by atoms with Gasteiger partial charge in [-0.2, -0.15) is 4.98 Å². The fourth-order valence-corrected chi connectivity index (χ4v) is 2.16. The lowest BCUT2D eigenvalue weighted by Gasteiger charge is -2.08. The molecule has 110 valence electrons. The van der Waals surface area contributed by atoms with Crippen LogP contribution in [0.4, 0.5) is 5.69 Å². The number of carbonyl (C=O) groups excluding carboxylic acids is 1. The standard InChI is InChI=1S/C17H15N3O2/c1-12-18-17(22-20-12)14-9-5-6-10-15(14)19-16(21)11-13-7-3-2-4-8-13/h2-10H,11H2,1H3,(H,19,21). The van der Waals surface area contributed by atoms with Crippen LogP contribution in [-0.4, -0.2) is 16.0 Å². The largest absolute Gasteiger partial charge is 0.334 e. The lowest BCUT2D eigenvalue weighted by Crippen LogP contribution is -2.14. The fourth-order valence-electron chi connectivity index (χ4n) is 2.16. The summed E-state index contributed by atoms with van der Waals surface area (Å²) in [5.74, 6) is 0.864. The zero-order valence-corrected chi connectivity index (χ0v) is 12.1. The lowest BCUT2D eigenvalue weighted by atomic mass is 10.1. The molecule has 0 radical (unpaired) electrons. The van der Waals surface area contributed by atoms with Crippen molar-refractivity contribution in [2.75, 3.05) is 5.32 Å². The van der Waals surface area contributed by atoms with E-state index in [0.717, 1.165) is 5.56 Å². The molecule has 1 heterocycles. The maximum atomic E-state index is 12.2. The average Bonchev–Trinajstić information content (AvgIpc) is 2.95. The number of carbonyl (C=O) groups is 1. The van der Waals surface area contributed by atoms with Gasteiger partial charge in [0.2, 0.25) is 5.91 Å². The predicted molar refractivity (Wildman–Crippen MR) is 83.2 cm³/mol. The van der Waals surface area contributed by atoms with E-state index in [-0.39, 0.29) is 5.91 Å². The first-order valence-corrected chi connectivity index (χ1v) is 6.96. The number of amides is 1. The van der Waals surface area contributed by atoms with Crippen LogP contribution in [0.1, 0.15) is 11.4 Å². The third-order valence-electron chi connectivity index (χ3n) is 3.17. The van der Waals surface area contributed by atoms with Crippen LogP contribution in [0.15, 0.2) is 59.1 Å². The highest BCUT2D eigenvalue weighted by molar-refractivity contribution is 5.95. The number of nitrogens with one attached hydrogen (secondary N) is 1. The van der Waals surface area contributed by atoms with E-state index in [1.165, 1.54) is 0 Å². The molecule has 3 rings (SSSR count). The molecule has 0 fully saturated rings. The Bertz CT molecular complexity index is 781. The van der Waals surface area contributed by atoms with Crippen LogP contribution in [0.5, 0.6) is 0 Å². The summed E-state index contributed by atoms with van der Waals surface area (Å²) in [7, 11) is 0. The SMILES string of the molecule is Cc1noc(-c2ccccc2NC(=O)Cc2ccccc2)n1. The van der Waals surface area contributed by atoms with Crippen molar-refractivity contribution in [2.24, 2.45) is 0 Å². The van der Waals surface area contributed by atoms with Crippen molar-refractivity contribution in [3.8, 4) is 11.5 Å². The van der Waals surface area contributed by atoms with E-state index in [1.807, 2.05) is 54.6 Å². The first kappa shape index (κ1) is 14.0. The zero-order chi connectivity index (χ0) is 15.4. The van der Waals surface area contributed by atoms with E-state index < -0.39 is 0 Å². The molecule has 0 saturated heterocycles. The minimum Gasteiger partial charge on any atom is -0.334 e. The molecule has 0 spiro atoms. The molecular formula is C17H15N3O2. The Labute approximate surface area is 128 Å². The zero-order valence-electron chi connectivity index (χ0n) is 12.1. The predicted octanol–water partition coefficient (Wildman–Crippen LogP) is 3.23. The second-order valence-corrected chi connectivity index (χ2v) is 4.90. The van der Waals surface area contributed by atoms with E-state index in [1.54, 1.807) is 6.92 Å².